The van der Waals surface area contributed by atoms with Crippen LogP contribution in [-0.2, 0) is 4.79 Å². The van der Waals surface area contributed by atoms with Gasteiger partial charge in [-0.2, -0.15) is 0 Å². The second-order valence-electron chi connectivity index (χ2n) is 5.55. The zero-order valence-electron chi connectivity index (χ0n) is 13.6. The number of hydrogen-bond donors (Lipinski definition) is 2. The summed E-state index contributed by atoms with van der Waals surface area (Å²) < 4.78 is 0. The van der Waals surface area contributed by atoms with E-state index in [4.69, 9.17) is 11.6 Å². The first-order chi connectivity index (χ1) is 11.6. The molecule has 0 aliphatic heterocycles. The Morgan fingerprint density at radius 1 is 0.958 bits per heavy atom. The quantitative estimate of drug-likeness (QED) is 0.685. The van der Waals surface area contributed by atoms with Crippen molar-refractivity contribution >= 4 is 34.8 Å². The van der Waals surface area contributed by atoms with Gasteiger partial charge >= 0.3 is 0 Å². The first-order valence-corrected chi connectivity index (χ1v) is 8.43. The van der Waals surface area contributed by atoms with Crippen LogP contribution in [0.3, 0.4) is 0 Å². The number of halogens is 1. The van der Waals surface area contributed by atoms with Gasteiger partial charge in [-0.1, -0.05) is 43.5 Å². The van der Waals surface area contributed by atoms with Crippen molar-refractivity contribution in [2.75, 3.05) is 10.6 Å². The zero-order valence-corrected chi connectivity index (χ0v) is 14.4. The first kappa shape index (κ1) is 18.0. The minimum atomic E-state index is -0.246. The Morgan fingerprint density at radius 3 is 2.38 bits per heavy atom. The van der Waals surface area contributed by atoms with Gasteiger partial charge in [0.15, 0.2) is 0 Å². The summed E-state index contributed by atoms with van der Waals surface area (Å²) in [6.45, 7) is 2.10. The molecule has 2 aromatic rings. The molecule has 0 unspecified atom stereocenters. The molecular weight excluding hydrogens is 324 g/mol. The maximum Gasteiger partial charge on any atom is 0.255 e. The molecule has 2 aromatic carbocycles. The van der Waals surface area contributed by atoms with Crippen molar-refractivity contribution in [3.63, 3.8) is 0 Å². The SMILES string of the molecule is CCCCCC(=O)Nc1cccc(NC(=O)c2cccc(Cl)c2)c1. The van der Waals surface area contributed by atoms with Crippen molar-refractivity contribution in [2.24, 2.45) is 0 Å². The normalized spacial score (nSPS) is 10.2. The van der Waals surface area contributed by atoms with Crippen LogP contribution in [0.1, 0.15) is 43.0 Å². The molecule has 0 aliphatic rings. The Morgan fingerprint density at radius 2 is 1.67 bits per heavy atom. The molecule has 0 spiro atoms. The second-order valence-corrected chi connectivity index (χ2v) is 5.99. The summed E-state index contributed by atoms with van der Waals surface area (Å²) in [6, 6.07) is 13.8. The van der Waals surface area contributed by atoms with Crippen molar-refractivity contribution in [1.82, 2.24) is 0 Å². The maximum atomic E-state index is 12.2. The maximum absolute atomic E-state index is 12.2. The van der Waals surface area contributed by atoms with E-state index in [1.54, 1.807) is 48.5 Å². The van der Waals surface area contributed by atoms with E-state index >= 15 is 0 Å². The van der Waals surface area contributed by atoms with Gasteiger partial charge in [0.2, 0.25) is 5.91 Å². The highest BCUT2D eigenvalue weighted by molar-refractivity contribution is 6.31. The Kier molecular flexibility index (Phi) is 6.82. The van der Waals surface area contributed by atoms with Crippen LogP contribution in [0.15, 0.2) is 48.5 Å². The molecule has 0 fully saturated rings. The largest absolute Gasteiger partial charge is 0.326 e. The predicted molar refractivity (Wildman–Crippen MR) is 98.6 cm³/mol. The van der Waals surface area contributed by atoms with Crippen LogP contribution in [-0.4, -0.2) is 11.8 Å². The van der Waals surface area contributed by atoms with Crippen molar-refractivity contribution < 1.29 is 9.59 Å². The smallest absolute Gasteiger partial charge is 0.255 e. The molecule has 2 amide bonds. The first-order valence-electron chi connectivity index (χ1n) is 8.05. The summed E-state index contributed by atoms with van der Waals surface area (Å²) in [4.78, 5) is 24.1. The fraction of sp³-hybridized carbons (Fsp3) is 0.263. The number of benzene rings is 2. The highest BCUT2D eigenvalue weighted by Crippen LogP contribution is 2.18. The third kappa shape index (κ3) is 5.70. The van der Waals surface area contributed by atoms with E-state index in [2.05, 4.69) is 17.6 Å². The molecule has 0 aliphatic carbocycles. The van der Waals surface area contributed by atoms with Gasteiger partial charge in [0.05, 0.1) is 0 Å². The zero-order chi connectivity index (χ0) is 17.4. The summed E-state index contributed by atoms with van der Waals surface area (Å²) >= 11 is 5.90. The molecule has 2 rings (SSSR count). The van der Waals surface area contributed by atoms with Gasteiger partial charge in [-0.25, -0.2) is 0 Å². The van der Waals surface area contributed by atoms with E-state index in [1.165, 1.54) is 0 Å². The van der Waals surface area contributed by atoms with E-state index in [1.807, 2.05) is 0 Å². The summed E-state index contributed by atoms with van der Waals surface area (Å²) in [7, 11) is 0. The lowest BCUT2D eigenvalue weighted by molar-refractivity contribution is -0.116. The topological polar surface area (TPSA) is 58.2 Å². The number of carbonyl (C=O) groups is 2. The number of anilines is 2. The number of rotatable bonds is 7. The monoisotopic (exact) mass is 344 g/mol. The minimum absolute atomic E-state index is 0.0123. The van der Waals surface area contributed by atoms with Crippen LogP contribution in [0.4, 0.5) is 11.4 Å². The highest BCUT2D eigenvalue weighted by atomic mass is 35.5. The lowest BCUT2D eigenvalue weighted by atomic mass is 10.2. The average Bonchev–Trinajstić information content (AvgIpc) is 2.55. The van der Waals surface area contributed by atoms with Gasteiger partial charge in [-0.3, -0.25) is 9.59 Å². The van der Waals surface area contributed by atoms with Crippen molar-refractivity contribution in [3.05, 3.63) is 59.1 Å². The number of carbonyl (C=O) groups excluding carboxylic acids is 2. The number of hydrogen-bond acceptors (Lipinski definition) is 2. The van der Waals surface area contributed by atoms with Crippen LogP contribution >= 0.6 is 11.6 Å². The van der Waals surface area contributed by atoms with Gasteiger partial charge in [-0.15, -0.1) is 0 Å². The molecule has 126 valence electrons. The Labute approximate surface area is 147 Å². The third-order valence-electron chi connectivity index (χ3n) is 3.50. The van der Waals surface area contributed by atoms with Gasteiger partial charge < -0.3 is 10.6 Å². The molecule has 0 atom stereocenters. The van der Waals surface area contributed by atoms with E-state index in [9.17, 15) is 9.59 Å². The molecule has 0 bridgehead atoms. The summed E-state index contributed by atoms with van der Waals surface area (Å²) in [5.41, 5.74) is 1.77. The lowest BCUT2D eigenvalue weighted by Gasteiger charge is -2.09. The average molecular weight is 345 g/mol. The molecule has 5 heteroatoms. The highest BCUT2D eigenvalue weighted by Gasteiger charge is 2.08. The Balaban J connectivity index is 1.97. The van der Waals surface area contributed by atoms with E-state index in [0.717, 1.165) is 19.3 Å². The summed E-state index contributed by atoms with van der Waals surface area (Å²) in [6.07, 6.45) is 3.52. The van der Waals surface area contributed by atoms with Gasteiger partial charge in [0.1, 0.15) is 0 Å². The van der Waals surface area contributed by atoms with Crippen molar-refractivity contribution in [3.8, 4) is 0 Å². The van der Waals surface area contributed by atoms with Crippen LogP contribution in [0.5, 0.6) is 0 Å². The molecule has 2 N–H and O–H groups in total. The minimum Gasteiger partial charge on any atom is -0.326 e. The predicted octanol–water partition coefficient (Wildman–Crippen LogP) is 5.11. The fourth-order valence-corrected chi connectivity index (χ4v) is 2.46. The lowest BCUT2D eigenvalue weighted by Crippen LogP contribution is -2.13. The third-order valence-corrected chi connectivity index (χ3v) is 3.73. The van der Waals surface area contributed by atoms with Gasteiger partial charge in [0.25, 0.3) is 5.91 Å². The molecule has 0 heterocycles. The van der Waals surface area contributed by atoms with Crippen LogP contribution < -0.4 is 10.6 Å². The summed E-state index contributed by atoms with van der Waals surface area (Å²) in [5, 5.41) is 6.16. The molecular formula is C19H21ClN2O2. The number of unbranched alkanes of at least 4 members (excludes halogenated alkanes) is 2. The molecule has 4 nitrogen and oxygen atoms in total. The number of amides is 2. The Hall–Kier alpha value is -2.33. The van der Waals surface area contributed by atoms with Gasteiger partial charge in [0, 0.05) is 28.4 Å². The van der Waals surface area contributed by atoms with E-state index in [-0.39, 0.29) is 11.8 Å². The molecule has 24 heavy (non-hydrogen) atoms. The van der Waals surface area contributed by atoms with Crippen molar-refractivity contribution in [1.29, 1.82) is 0 Å². The van der Waals surface area contributed by atoms with E-state index in [0.29, 0.717) is 28.4 Å². The van der Waals surface area contributed by atoms with Crippen LogP contribution in [0.2, 0.25) is 5.02 Å². The van der Waals surface area contributed by atoms with Crippen LogP contribution in [0.25, 0.3) is 0 Å². The van der Waals surface area contributed by atoms with Crippen LogP contribution in [0, 0.1) is 0 Å². The van der Waals surface area contributed by atoms with E-state index < -0.39 is 0 Å². The molecule has 0 aromatic heterocycles. The van der Waals surface area contributed by atoms with Gasteiger partial charge in [-0.05, 0) is 42.8 Å². The number of nitrogens with one attached hydrogen (secondary N) is 2. The van der Waals surface area contributed by atoms with Crippen molar-refractivity contribution in [2.45, 2.75) is 32.6 Å². The second kappa shape index (κ2) is 9.08. The molecule has 0 radical (unpaired) electrons. The Bertz CT molecular complexity index is 716. The molecule has 0 saturated carbocycles. The standard InChI is InChI=1S/C19H21ClN2O2/c1-2-3-4-11-18(23)21-16-9-6-10-17(13-16)22-19(24)14-7-5-8-15(20)12-14/h5-10,12-13H,2-4,11H2,1H3,(H,21,23)(H,22,24). The fourth-order valence-electron chi connectivity index (χ4n) is 2.27. The summed E-state index contributed by atoms with van der Waals surface area (Å²) in [5.74, 6) is -0.259. The molecule has 0 saturated heterocycles.